The highest BCUT2D eigenvalue weighted by molar-refractivity contribution is 7.10. The summed E-state index contributed by atoms with van der Waals surface area (Å²) in [6.07, 6.45) is 0. The number of amides is 2. The van der Waals surface area contributed by atoms with Gasteiger partial charge in [-0.25, -0.2) is 4.79 Å². The molecule has 2 rings (SSSR count). The molecule has 0 saturated heterocycles. The van der Waals surface area contributed by atoms with Crippen LogP contribution in [0.25, 0.3) is 0 Å². The van der Waals surface area contributed by atoms with E-state index in [0.29, 0.717) is 12.2 Å². The Bertz CT molecular complexity index is 699. The molecule has 2 amide bonds. The Morgan fingerprint density at radius 1 is 1.36 bits per heavy atom. The highest BCUT2D eigenvalue weighted by atomic mass is 35.5. The summed E-state index contributed by atoms with van der Waals surface area (Å²) in [6, 6.07) is 7.67. The van der Waals surface area contributed by atoms with E-state index < -0.39 is 12.6 Å². The molecule has 25 heavy (non-hydrogen) atoms. The first-order chi connectivity index (χ1) is 11.9. The summed E-state index contributed by atoms with van der Waals surface area (Å²) in [7, 11) is 3.87. The maximum atomic E-state index is 12.2. The van der Waals surface area contributed by atoms with Gasteiger partial charge in [-0.1, -0.05) is 17.7 Å². The number of benzene rings is 1. The Morgan fingerprint density at radius 2 is 2.12 bits per heavy atom. The Labute approximate surface area is 153 Å². The first-order valence-corrected chi connectivity index (χ1v) is 8.61. The highest BCUT2D eigenvalue weighted by Crippen LogP contribution is 2.29. The fourth-order valence-corrected chi connectivity index (χ4v) is 3.30. The van der Waals surface area contributed by atoms with Crippen molar-refractivity contribution in [2.75, 3.05) is 26.0 Å². The molecule has 0 bridgehead atoms. The number of nitrogens with one attached hydrogen (secondary N) is 2. The topological polar surface area (TPSA) is 53.6 Å². The summed E-state index contributed by atoms with van der Waals surface area (Å²) < 4.78 is 28.7. The number of halogens is 3. The number of likely N-dealkylation sites (N-methyl/N-ethyl adjacent to an activating group) is 1. The second kappa shape index (κ2) is 8.98. The molecule has 9 heteroatoms. The smallest absolute Gasteiger partial charge is 0.387 e. The lowest BCUT2D eigenvalue weighted by molar-refractivity contribution is -0.0497. The lowest BCUT2D eigenvalue weighted by Crippen LogP contribution is -2.36. The van der Waals surface area contributed by atoms with E-state index in [0.717, 1.165) is 4.88 Å². The average Bonchev–Trinajstić information content (AvgIpc) is 3.03. The van der Waals surface area contributed by atoms with Crippen molar-refractivity contribution in [3.63, 3.8) is 0 Å². The fourth-order valence-electron chi connectivity index (χ4n) is 2.15. The number of alkyl halides is 2. The number of carbonyl (C=O) groups is 1. The molecule has 0 aliphatic rings. The molecule has 2 N–H and O–H groups in total. The van der Waals surface area contributed by atoms with Gasteiger partial charge < -0.3 is 20.3 Å². The Kier molecular flexibility index (Phi) is 6.98. The zero-order valence-corrected chi connectivity index (χ0v) is 15.2. The molecular formula is C16H18ClF2N3O2S. The predicted molar refractivity (Wildman–Crippen MR) is 95.9 cm³/mol. The van der Waals surface area contributed by atoms with Crippen LogP contribution >= 0.6 is 22.9 Å². The number of anilines is 1. The Morgan fingerprint density at radius 3 is 2.68 bits per heavy atom. The second-order valence-electron chi connectivity index (χ2n) is 5.35. The molecule has 0 spiro atoms. The van der Waals surface area contributed by atoms with Crippen LogP contribution in [0, 0.1) is 0 Å². The van der Waals surface area contributed by atoms with Crippen LogP contribution in [0.4, 0.5) is 19.3 Å². The zero-order valence-electron chi connectivity index (χ0n) is 13.6. The summed E-state index contributed by atoms with van der Waals surface area (Å²) >= 11 is 7.48. The number of thiophene rings is 1. The van der Waals surface area contributed by atoms with Crippen molar-refractivity contribution in [2.24, 2.45) is 0 Å². The third-order valence-corrected chi connectivity index (χ3v) is 4.63. The largest absolute Gasteiger partial charge is 0.433 e. The molecule has 0 fully saturated rings. The SMILES string of the molecule is CN(C)[C@@H](CNC(=O)Nc1ccc(OC(F)F)c(Cl)c1)c1cccs1. The minimum atomic E-state index is -2.96. The van der Waals surface area contributed by atoms with Crippen LogP contribution in [0.3, 0.4) is 0 Å². The standard InChI is InChI=1S/C16H18ClF2N3O2S/c1-22(2)12(14-4-3-7-25-14)9-20-16(23)21-10-5-6-13(11(17)8-10)24-15(18)19/h3-8,12,15H,9H2,1-2H3,(H2,20,21,23)/t12-/m0/s1. The van der Waals surface area contributed by atoms with E-state index >= 15 is 0 Å². The van der Waals surface area contributed by atoms with E-state index in [1.165, 1.54) is 18.2 Å². The van der Waals surface area contributed by atoms with Gasteiger partial charge in [-0.2, -0.15) is 8.78 Å². The molecule has 0 radical (unpaired) electrons. The van der Waals surface area contributed by atoms with Crippen molar-refractivity contribution < 1.29 is 18.3 Å². The van der Waals surface area contributed by atoms with Gasteiger partial charge in [0.2, 0.25) is 0 Å². The quantitative estimate of drug-likeness (QED) is 0.736. The van der Waals surface area contributed by atoms with E-state index in [4.69, 9.17) is 11.6 Å². The van der Waals surface area contributed by atoms with E-state index in [9.17, 15) is 13.6 Å². The monoisotopic (exact) mass is 389 g/mol. The van der Waals surface area contributed by atoms with Crippen molar-refractivity contribution in [3.8, 4) is 5.75 Å². The normalized spacial score (nSPS) is 12.3. The van der Waals surface area contributed by atoms with Crippen LogP contribution in [0.5, 0.6) is 5.75 Å². The van der Waals surface area contributed by atoms with Gasteiger partial charge in [0.1, 0.15) is 5.75 Å². The Balaban J connectivity index is 1.92. The van der Waals surface area contributed by atoms with Crippen LogP contribution in [-0.2, 0) is 0 Å². The summed E-state index contributed by atoms with van der Waals surface area (Å²) in [5.41, 5.74) is 0.377. The second-order valence-corrected chi connectivity index (χ2v) is 6.74. The van der Waals surface area contributed by atoms with Gasteiger partial charge in [0.05, 0.1) is 11.1 Å². The number of ether oxygens (including phenoxy) is 1. The van der Waals surface area contributed by atoms with Crippen LogP contribution in [0.1, 0.15) is 10.9 Å². The summed E-state index contributed by atoms with van der Waals surface area (Å²) in [4.78, 5) is 15.2. The molecular weight excluding hydrogens is 372 g/mol. The first-order valence-electron chi connectivity index (χ1n) is 7.36. The van der Waals surface area contributed by atoms with Gasteiger partial charge >= 0.3 is 12.6 Å². The van der Waals surface area contributed by atoms with Crippen molar-refractivity contribution in [3.05, 3.63) is 45.6 Å². The molecule has 0 saturated carbocycles. The Hall–Kier alpha value is -1.90. The molecule has 5 nitrogen and oxygen atoms in total. The molecule has 1 aromatic heterocycles. The molecule has 2 aromatic rings. The van der Waals surface area contributed by atoms with Crippen LogP contribution in [-0.4, -0.2) is 38.2 Å². The average molecular weight is 390 g/mol. The molecule has 0 aliphatic heterocycles. The van der Waals surface area contributed by atoms with Crippen LogP contribution < -0.4 is 15.4 Å². The van der Waals surface area contributed by atoms with E-state index in [1.807, 2.05) is 36.5 Å². The van der Waals surface area contributed by atoms with E-state index in [-0.39, 0.29) is 16.8 Å². The zero-order chi connectivity index (χ0) is 18.4. The number of rotatable bonds is 7. The van der Waals surface area contributed by atoms with E-state index in [1.54, 1.807) is 11.3 Å². The fraction of sp³-hybridized carbons (Fsp3) is 0.312. The third-order valence-electron chi connectivity index (χ3n) is 3.36. The van der Waals surface area contributed by atoms with Gasteiger partial charge in [-0.3, -0.25) is 0 Å². The lowest BCUT2D eigenvalue weighted by atomic mass is 10.2. The molecule has 1 heterocycles. The van der Waals surface area contributed by atoms with Crippen molar-refractivity contribution in [2.45, 2.75) is 12.7 Å². The van der Waals surface area contributed by atoms with Crippen LogP contribution in [0.2, 0.25) is 5.02 Å². The van der Waals surface area contributed by atoms with Crippen LogP contribution in [0.15, 0.2) is 35.7 Å². The molecule has 1 aromatic carbocycles. The van der Waals surface area contributed by atoms with Crippen molar-refractivity contribution in [1.82, 2.24) is 10.2 Å². The van der Waals surface area contributed by atoms with Crippen molar-refractivity contribution >= 4 is 34.7 Å². The van der Waals surface area contributed by atoms with Gasteiger partial charge in [0, 0.05) is 17.1 Å². The predicted octanol–water partition coefficient (Wildman–Crippen LogP) is 4.43. The maximum absolute atomic E-state index is 12.2. The summed E-state index contributed by atoms with van der Waals surface area (Å²) in [5, 5.41) is 7.37. The van der Waals surface area contributed by atoms with Crippen molar-refractivity contribution in [1.29, 1.82) is 0 Å². The van der Waals surface area contributed by atoms with Gasteiger partial charge in [-0.05, 0) is 43.7 Å². The highest BCUT2D eigenvalue weighted by Gasteiger charge is 2.16. The number of hydrogen-bond acceptors (Lipinski definition) is 4. The molecule has 0 aliphatic carbocycles. The van der Waals surface area contributed by atoms with Gasteiger partial charge in [0.15, 0.2) is 0 Å². The minimum absolute atomic E-state index is 0.0112. The van der Waals surface area contributed by atoms with Gasteiger partial charge in [0.25, 0.3) is 0 Å². The first kappa shape index (κ1) is 19.4. The molecule has 136 valence electrons. The van der Waals surface area contributed by atoms with Gasteiger partial charge in [-0.15, -0.1) is 11.3 Å². The maximum Gasteiger partial charge on any atom is 0.387 e. The summed E-state index contributed by atoms with van der Waals surface area (Å²) in [5.74, 6) is -0.145. The van der Waals surface area contributed by atoms with E-state index in [2.05, 4.69) is 15.4 Å². The summed E-state index contributed by atoms with van der Waals surface area (Å²) in [6.45, 7) is -2.54. The number of urea groups is 1. The molecule has 1 atom stereocenters. The third kappa shape index (κ3) is 5.84. The minimum Gasteiger partial charge on any atom is -0.433 e. The number of hydrogen-bond donors (Lipinski definition) is 2. The number of nitrogens with zero attached hydrogens (tertiary/aromatic N) is 1. The number of carbonyl (C=O) groups excluding carboxylic acids is 1. The molecule has 0 unspecified atom stereocenters. The lowest BCUT2D eigenvalue weighted by Gasteiger charge is -2.23.